The van der Waals surface area contributed by atoms with Crippen LogP contribution in [-0.4, -0.2) is 39.0 Å². The quantitative estimate of drug-likeness (QED) is 0.425. The molecule has 0 atom stereocenters. The summed E-state index contributed by atoms with van der Waals surface area (Å²) in [6, 6.07) is 12.7. The zero-order valence-electron chi connectivity index (χ0n) is 17.8. The van der Waals surface area contributed by atoms with Gasteiger partial charge in [-0.2, -0.15) is 0 Å². The number of phenolic OH excluding ortho intramolecular Hbond substituents is 2. The molecule has 1 spiro atoms. The molecule has 174 valence electrons. The Bertz CT molecular complexity index is 1420. The van der Waals surface area contributed by atoms with Crippen molar-refractivity contribution in [2.75, 3.05) is 0 Å². The first-order valence-electron chi connectivity index (χ1n) is 10.6. The summed E-state index contributed by atoms with van der Waals surface area (Å²) in [4.78, 5) is 55.5. The van der Waals surface area contributed by atoms with E-state index < -0.39 is 29.4 Å². The van der Waals surface area contributed by atoms with Crippen molar-refractivity contribution in [3.05, 3.63) is 82.4 Å². The highest BCUT2D eigenvalue weighted by Crippen LogP contribution is 2.57. The second-order valence-electron chi connectivity index (χ2n) is 8.22. The molecule has 6 rings (SSSR count). The van der Waals surface area contributed by atoms with Crippen molar-refractivity contribution in [1.82, 2.24) is 5.06 Å². The number of ether oxygens (including phenoxy) is 2. The lowest BCUT2D eigenvalue weighted by Crippen LogP contribution is -2.36. The zero-order valence-corrected chi connectivity index (χ0v) is 17.8. The Kier molecular flexibility index (Phi) is 4.19. The monoisotopic (exact) mass is 473 g/mol. The first-order valence-corrected chi connectivity index (χ1v) is 10.6. The number of hydrogen-bond donors (Lipinski definition) is 2. The Morgan fingerprint density at radius 2 is 1.49 bits per heavy atom. The predicted octanol–water partition coefficient (Wildman–Crippen LogP) is 2.89. The fraction of sp³-hybridized carbons (Fsp3) is 0.120. The van der Waals surface area contributed by atoms with Crippen LogP contribution in [0.5, 0.6) is 23.0 Å². The van der Waals surface area contributed by atoms with E-state index >= 15 is 0 Å². The van der Waals surface area contributed by atoms with Crippen LogP contribution in [0.2, 0.25) is 0 Å². The summed E-state index contributed by atoms with van der Waals surface area (Å²) in [6.07, 6.45) is -0.148. The van der Waals surface area contributed by atoms with Crippen LogP contribution in [-0.2, 0) is 24.8 Å². The Balaban J connectivity index is 1.60. The highest BCUT2D eigenvalue weighted by atomic mass is 16.7. The van der Waals surface area contributed by atoms with Crippen molar-refractivity contribution in [3.63, 3.8) is 0 Å². The summed E-state index contributed by atoms with van der Waals surface area (Å²) in [6.45, 7) is 0. The lowest BCUT2D eigenvalue weighted by molar-refractivity contribution is -0.172. The van der Waals surface area contributed by atoms with Gasteiger partial charge in [0.15, 0.2) is 5.60 Å². The number of benzene rings is 3. The Hall–Kier alpha value is -4.86. The molecule has 0 saturated carbocycles. The fourth-order valence-corrected chi connectivity index (χ4v) is 4.72. The van der Waals surface area contributed by atoms with Crippen LogP contribution in [0.3, 0.4) is 0 Å². The fourth-order valence-electron chi connectivity index (χ4n) is 4.72. The molecule has 1 fully saturated rings. The number of esters is 1. The van der Waals surface area contributed by atoms with Crippen molar-refractivity contribution in [1.29, 1.82) is 0 Å². The van der Waals surface area contributed by atoms with Crippen LogP contribution in [0.25, 0.3) is 0 Å². The van der Waals surface area contributed by atoms with E-state index in [1.807, 2.05) is 0 Å². The number of rotatable bonds is 2. The standard InChI is InChI=1S/C25H15NO9/c27-12-4-6-16-18(10-12)33-19-11-13(28)5-7-17(19)25(16)22-14(23(31)34-25)2-1-3-15(22)24(32)35-26-20(29)8-9-21(26)30/h1-7,10-11,27-28H,8-9H2. The van der Waals surface area contributed by atoms with E-state index in [1.165, 1.54) is 54.6 Å². The third-order valence-corrected chi connectivity index (χ3v) is 6.19. The number of imide groups is 1. The maximum atomic E-state index is 13.3. The maximum Gasteiger partial charge on any atom is 0.364 e. The molecule has 3 aromatic carbocycles. The number of hydroxylamine groups is 2. The molecule has 1 saturated heterocycles. The minimum Gasteiger partial charge on any atom is -0.508 e. The summed E-state index contributed by atoms with van der Waals surface area (Å²) in [5.74, 6) is -3.03. The van der Waals surface area contributed by atoms with Crippen LogP contribution in [0.4, 0.5) is 0 Å². The number of nitrogens with zero attached hydrogens (tertiary/aromatic N) is 1. The summed E-state index contributed by atoms with van der Waals surface area (Å²) >= 11 is 0. The molecule has 0 unspecified atom stereocenters. The molecule has 0 radical (unpaired) electrons. The highest BCUT2D eigenvalue weighted by molar-refractivity contribution is 6.05. The van der Waals surface area contributed by atoms with Crippen molar-refractivity contribution in [2.24, 2.45) is 0 Å². The predicted molar refractivity (Wildman–Crippen MR) is 115 cm³/mol. The number of hydrogen-bond acceptors (Lipinski definition) is 9. The normalized spacial score (nSPS) is 16.9. The SMILES string of the molecule is O=C(ON1C(=O)CCC1=O)c1cccc2c1C1(OC2=O)c2ccc(O)cc2Oc2cc(O)ccc21. The van der Waals surface area contributed by atoms with Gasteiger partial charge in [0, 0.05) is 41.7 Å². The maximum absolute atomic E-state index is 13.3. The van der Waals surface area contributed by atoms with Gasteiger partial charge < -0.3 is 24.5 Å². The van der Waals surface area contributed by atoms with Crippen molar-refractivity contribution in [3.8, 4) is 23.0 Å². The number of amides is 2. The topological polar surface area (TPSA) is 140 Å². The minimum absolute atomic E-state index is 0.0680. The van der Waals surface area contributed by atoms with Gasteiger partial charge >= 0.3 is 11.9 Å². The Labute approximate surface area is 196 Å². The van der Waals surface area contributed by atoms with Gasteiger partial charge in [0.25, 0.3) is 11.8 Å². The van der Waals surface area contributed by atoms with Gasteiger partial charge in [-0.05, 0) is 36.4 Å². The molecule has 10 heteroatoms. The molecule has 0 aromatic heterocycles. The first kappa shape index (κ1) is 20.7. The van der Waals surface area contributed by atoms with E-state index in [9.17, 15) is 29.4 Å². The van der Waals surface area contributed by atoms with Crippen LogP contribution < -0.4 is 4.74 Å². The average Bonchev–Trinajstić information content (AvgIpc) is 3.30. The molecular weight excluding hydrogens is 458 g/mol. The molecule has 2 N–H and O–H groups in total. The molecule has 3 heterocycles. The van der Waals surface area contributed by atoms with Crippen molar-refractivity contribution >= 4 is 23.8 Å². The van der Waals surface area contributed by atoms with Crippen LogP contribution in [0, 0.1) is 0 Å². The van der Waals surface area contributed by atoms with E-state index in [-0.39, 0.29) is 52.5 Å². The smallest absolute Gasteiger partial charge is 0.364 e. The first-order chi connectivity index (χ1) is 16.8. The summed E-state index contributed by atoms with van der Waals surface area (Å²) in [5.41, 5.74) is -0.996. The largest absolute Gasteiger partial charge is 0.508 e. The lowest BCUT2D eigenvalue weighted by atomic mass is 9.76. The number of carbonyl (C=O) groups is 4. The second kappa shape index (κ2) is 7.07. The molecule has 2 amide bonds. The van der Waals surface area contributed by atoms with Crippen molar-refractivity contribution < 1.29 is 43.7 Å². The summed E-state index contributed by atoms with van der Waals surface area (Å²) in [7, 11) is 0. The number of fused-ring (bicyclic) bond motifs is 6. The number of carbonyl (C=O) groups excluding carboxylic acids is 4. The van der Waals surface area contributed by atoms with Gasteiger partial charge in [-0.25, -0.2) is 9.59 Å². The molecular formula is C25H15NO9. The number of aromatic hydroxyl groups is 2. The third kappa shape index (κ3) is 2.83. The summed E-state index contributed by atoms with van der Waals surface area (Å²) < 4.78 is 11.8. The van der Waals surface area contributed by atoms with E-state index in [2.05, 4.69) is 0 Å². The van der Waals surface area contributed by atoms with Crippen LogP contribution in [0.1, 0.15) is 50.2 Å². The average molecular weight is 473 g/mol. The van der Waals surface area contributed by atoms with E-state index in [1.54, 1.807) is 0 Å². The lowest BCUT2D eigenvalue weighted by Gasteiger charge is -2.37. The molecule has 3 aromatic rings. The molecule has 0 bridgehead atoms. The van der Waals surface area contributed by atoms with Gasteiger partial charge in [0.2, 0.25) is 0 Å². The van der Waals surface area contributed by atoms with Crippen LogP contribution in [0.15, 0.2) is 54.6 Å². The molecule has 3 aliphatic rings. The molecule has 0 aliphatic carbocycles. The highest BCUT2D eigenvalue weighted by Gasteiger charge is 2.55. The van der Waals surface area contributed by atoms with E-state index in [0.29, 0.717) is 16.2 Å². The van der Waals surface area contributed by atoms with Crippen LogP contribution >= 0.6 is 0 Å². The number of phenols is 2. The second-order valence-corrected chi connectivity index (χ2v) is 8.22. The van der Waals surface area contributed by atoms with Gasteiger partial charge in [-0.3, -0.25) is 9.59 Å². The molecule has 10 nitrogen and oxygen atoms in total. The van der Waals surface area contributed by atoms with Gasteiger partial charge in [-0.15, -0.1) is 5.06 Å². The summed E-state index contributed by atoms with van der Waals surface area (Å²) in [5, 5.41) is 20.5. The van der Waals surface area contributed by atoms with Gasteiger partial charge in [0.05, 0.1) is 11.1 Å². The van der Waals surface area contributed by atoms with E-state index in [4.69, 9.17) is 14.3 Å². The van der Waals surface area contributed by atoms with Crippen molar-refractivity contribution in [2.45, 2.75) is 18.4 Å². The van der Waals surface area contributed by atoms with E-state index in [0.717, 1.165) is 0 Å². The Morgan fingerprint density at radius 3 is 2.09 bits per heavy atom. The Morgan fingerprint density at radius 1 is 0.886 bits per heavy atom. The zero-order chi connectivity index (χ0) is 24.5. The molecule has 35 heavy (non-hydrogen) atoms. The molecule has 3 aliphatic heterocycles. The third-order valence-electron chi connectivity index (χ3n) is 6.19. The van der Waals surface area contributed by atoms with Gasteiger partial charge in [-0.1, -0.05) is 6.07 Å². The van der Waals surface area contributed by atoms with Gasteiger partial charge in [0.1, 0.15) is 23.0 Å². The minimum atomic E-state index is -1.70.